The first kappa shape index (κ1) is 15.0. The standard InChI is InChI=1S/C11H15NO4S2/c1-8-2-4-9(5-3-8)18(15,16)12-10(6-7-17)11(13)14/h2-5,10,12,17H,6-7H2,1H3,(H,13,14)/t10-/m0/s1. The van der Waals surface area contributed by atoms with Gasteiger partial charge in [-0.2, -0.15) is 17.4 Å². The molecule has 0 unspecified atom stereocenters. The van der Waals surface area contributed by atoms with Gasteiger partial charge in [0.05, 0.1) is 4.90 Å². The number of nitrogens with one attached hydrogen (secondary N) is 1. The Bertz CT molecular complexity index is 510. The van der Waals surface area contributed by atoms with Gasteiger partial charge < -0.3 is 5.11 Å². The molecular weight excluding hydrogens is 274 g/mol. The average molecular weight is 289 g/mol. The third kappa shape index (κ3) is 4.01. The minimum Gasteiger partial charge on any atom is -0.480 e. The predicted molar refractivity (Wildman–Crippen MR) is 71.4 cm³/mol. The van der Waals surface area contributed by atoms with Crippen LogP contribution in [0.25, 0.3) is 0 Å². The Kier molecular flexibility index (Phi) is 5.18. The van der Waals surface area contributed by atoms with Gasteiger partial charge >= 0.3 is 5.97 Å². The number of carbonyl (C=O) groups is 1. The summed E-state index contributed by atoms with van der Waals surface area (Å²) in [7, 11) is -3.81. The van der Waals surface area contributed by atoms with Crippen LogP contribution in [-0.2, 0) is 14.8 Å². The average Bonchev–Trinajstić information content (AvgIpc) is 2.28. The lowest BCUT2D eigenvalue weighted by atomic mass is 10.2. The van der Waals surface area contributed by atoms with Crippen molar-refractivity contribution in [1.29, 1.82) is 0 Å². The maximum atomic E-state index is 11.9. The van der Waals surface area contributed by atoms with Gasteiger partial charge in [-0.15, -0.1) is 0 Å². The molecule has 18 heavy (non-hydrogen) atoms. The summed E-state index contributed by atoms with van der Waals surface area (Å²) in [6, 6.07) is 5.04. The predicted octanol–water partition coefficient (Wildman–Crippen LogP) is 1.05. The monoisotopic (exact) mass is 289 g/mol. The van der Waals surface area contributed by atoms with Gasteiger partial charge in [0.2, 0.25) is 10.0 Å². The van der Waals surface area contributed by atoms with Crippen molar-refractivity contribution in [3.63, 3.8) is 0 Å². The molecule has 0 aromatic heterocycles. The molecule has 0 radical (unpaired) electrons. The molecule has 1 aromatic carbocycles. The van der Waals surface area contributed by atoms with Crippen LogP contribution in [0.15, 0.2) is 29.2 Å². The molecule has 0 bridgehead atoms. The maximum absolute atomic E-state index is 11.9. The van der Waals surface area contributed by atoms with Crippen LogP contribution in [0.3, 0.4) is 0 Å². The lowest BCUT2D eigenvalue weighted by molar-refractivity contribution is -0.139. The number of rotatable bonds is 6. The van der Waals surface area contributed by atoms with Crippen molar-refractivity contribution in [3.8, 4) is 0 Å². The van der Waals surface area contributed by atoms with Gasteiger partial charge in [-0.05, 0) is 31.2 Å². The van der Waals surface area contributed by atoms with E-state index in [0.29, 0.717) is 0 Å². The molecule has 2 N–H and O–H groups in total. The number of aliphatic carboxylic acids is 1. The van der Waals surface area contributed by atoms with Crippen molar-refractivity contribution in [2.75, 3.05) is 5.75 Å². The molecule has 1 atom stereocenters. The third-order valence-corrected chi connectivity index (χ3v) is 4.09. The fourth-order valence-electron chi connectivity index (χ4n) is 1.33. The molecule has 1 rings (SSSR count). The van der Waals surface area contributed by atoms with Crippen molar-refractivity contribution in [1.82, 2.24) is 4.72 Å². The van der Waals surface area contributed by atoms with E-state index in [1.165, 1.54) is 12.1 Å². The highest BCUT2D eigenvalue weighted by Gasteiger charge is 2.24. The number of sulfonamides is 1. The van der Waals surface area contributed by atoms with Crippen LogP contribution in [0.2, 0.25) is 0 Å². The van der Waals surface area contributed by atoms with Crippen molar-refractivity contribution < 1.29 is 18.3 Å². The van der Waals surface area contributed by atoms with E-state index in [2.05, 4.69) is 17.4 Å². The Balaban J connectivity index is 2.93. The zero-order chi connectivity index (χ0) is 13.8. The van der Waals surface area contributed by atoms with Crippen LogP contribution in [0.5, 0.6) is 0 Å². The second-order valence-electron chi connectivity index (χ2n) is 3.84. The summed E-state index contributed by atoms with van der Waals surface area (Å²) < 4.78 is 26.0. The third-order valence-electron chi connectivity index (χ3n) is 2.34. The van der Waals surface area contributed by atoms with Crippen molar-refractivity contribution in [2.45, 2.75) is 24.3 Å². The van der Waals surface area contributed by atoms with E-state index in [1.807, 2.05) is 6.92 Å². The molecule has 0 aliphatic rings. The zero-order valence-corrected chi connectivity index (χ0v) is 11.5. The second kappa shape index (κ2) is 6.21. The molecule has 100 valence electrons. The van der Waals surface area contributed by atoms with E-state index < -0.39 is 22.0 Å². The molecule has 0 spiro atoms. The molecule has 0 amide bonds. The largest absolute Gasteiger partial charge is 0.480 e. The topological polar surface area (TPSA) is 83.5 Å². The van der Waals surface area contributed by atoms with E-state index in [1.54, 1.807) is 12.1 Å². The summed E-state index contributed by atoms with van der Waals surface area (Å²) >= 11 is 3.91. The van der Waals surface area contributed by atoms with Gasteiger partial charge in [0.15, 0.2) is 0 Å². The summed E-state index contributed by atoms with van der Waals surface area (Å²) in [4.78, 5) is 10.9. The molecule has 0 saturated carbocycles. The first-order chi connectivity index (χ1) is 8.36. The minimum absolute atomic E-state index is 0.0542. The quantitative estimate of drug-likeness (QED) is 0.683. The highest BCUT2D eigenvalue weighted by molar-refractivity contribution is 7.89. The zero-order valence-electron chi connectivity index (χ0n) is 9.83. The smallest absolute Gasteiger partial charge is 0.321 e. The fraction of sp³-hybridized carbons (Fsp3) is 0.364. The van der Waals surface area contributed by atoms with Crippen LogP contribution < -0.4 is 4.72 Å². The number of carboxylic acid groups (broad SMARTS) is 1. The van der Waals surface area contributed by atoms with Gasteiger partial charge in [-0.1, -0.05) is 17.7 Å². The molecule has 1 aromatic rings. The van der Waals surface area contributed by atoms with E-state index in [-0.39, 0.29) is 17.1 Å². The van der Waals surface area contributed by atoms with Crippen molar-refractivity contribution in [2.24, 2.45) is 0 Å². The summed E-state index contributed by atoms with van der Waals surface area (Å²) in [5.41, 5.74) is 0.930. The second-order valence-corrected chi connectivity index (χ2v) is 6.00. The van der Waals surface area contributed by atoms with Crippen LogP contribution >= 0.6 is 12.6 Å². The van der Waals surface area contributed by atoms with Crippen LogP contribution in [0.1, 0.15) is 12.0 Å². The molecule has 0 aliphatic heterocycles. The fourth-order valence-corrected chi connectivity index (χ4v) is 2.82. The molecule has 7 heteroatoms. The van der Waals surface area contributed by atoms with Gasteiger partial charge in [0, 0.05) is 0 Å². The molecule has 0 fully saturated rings. The highest BCUT2D eigenvalue weighted by atomic mass is 32.2. The lowest BCUT2D eigenvalue weighted by Gasteiger charge is -2.13. The van der Waals surface area contributed by atoms with Crippen LogP contribution in [-0.4, -0.2) is 31.3 Å². The molecule has 0 saturated heterocycles. The number of hydrogen-bond acceptors (Lipinski definition) is 4. The van der Waals surface area contributed by atoms with Gasteiger partial charge in [-0.25, -0.2) is 8.42 Å². The number of aryl methyl sites for hydroxylation is 1. The van der Waals surface area contributed by atoms with Gasteiger partial charge in [-0.3, -0.25) is 4.79 Å². The Morgan fingerprint density at radius 1 is 1.39 bits per heavy atom. The number of hydrogen-bond donors (Lipinski definition) is 3. The normalized spacial score (nSPS) is 13.2. The maximum Gasteiger partial charge on any atom is 0.321 e. The first-order valence-electron chi connectivity index (χ1n) is 5.29. The molecule has 0 aliphatic carbocycles. The van der Waals surface area contributed by atoms with Gasteiger partial charge in [0.1, 0.15) is 6.04 Å². The van der Waals surface area contributed by atoms with Gasteiger partial charge in [0.25, 0.3) is 0 Å². The Hall–Kier alpha value is -1.05. The molecule has 5 nitrogen and oxygen atoms in total. The summed E-state index contributed by atoms with van der Waals surface area (Å²) in [5.74, 6) is -0.923. The number of thiol groups is 1. The Labute approximate surface area is 112 Å². The summed E-state index contributed by atoms with van der Waals surface area (Å²) in [6.07, 6.45) is 0.129. The number of carboxylic acids is 1. The minimum atomic E-state index is -3.81. The number of benzene rings is 1. The van der Waals surface area contributed by atoms with Crippen molar-refractivity contribution >= 4 is 28.6 Å². The first-order valence-corrected chi connectivity index (χ1v) is 7.41. The summed E-state index contributed by atoms with van der Waals surface area (Å²) in [6.45, 7) is 1.84. The molecular formula is C11H15NO4S2. The van der Waals surface area contributed by atoms with Crippen LogP contribution in [0.4, 0.5) is 0 Å². The van der Waals surface area contributed by atoms with E-state index in [4.69, 9.17) is 5.11 Å². The van der Waals surface area contributed by atoms with E-state index in [9.17, 15) is 13.2 Å². The van der Waals surface area contributed by atoms with Crippen LogP contribution in [0, 0.1) is 6.92 Å². The highest BCUT2D eigenvalue weighted by Crippen LogP contribution is 2.11. The van der Waals surface area contributed by atoms with E-state index >= 15 is 0 Å². The SMILES string of the molecule is Cc1ccc(S(=O)(=O)N[C@@H](CCS)C(=O)O)cc1. The Morgan fingerprint density at radius 3 is 2.39 bits per heavy atom. The molecule has 0 heterocycles. The lowest BCUT2D eigenvalue weighted by Crippen LogP contribution is -2.40. The van der Waals surface area contributed by atoms with Crippen molar-refractivity contribution in [3.05, 3.63) is 29.8 Å². The summed E-state index contributed by atoms with van der Waals surface area (Å²) in [5, 5.41) is 8.90. The Morgan fingerprint density at radius 2 is 1.94 bits per heavy atom. The van der Waals surface area contributed by atoms with E-state index in [0.717, 1.165) is 5.56 Å².